The molecule has 2 N–H and O–H groups in total. The van der Waals surface area contributed by atoms with Crippen LogP contribution in [0.15, 0.2) is 42.5 Å². The maximum absolute atomic E-state index is 8.86. The van der Waals surface area contributed by atoms with Crippen molar-refractivity contribution in [1.29, 1.82) is 5.26 Å². The van der Waals surface area contributed by atoms with Gasteiger partial charge in [0, 0.05) is 5.69 Å². The van der Waals surface area contributed by atoms with Crippen molar-refractivity contribution in [3.05, 3.63) is 53.6 Å². The molecule has 0 aliphatic rings. The Bertz CT molecular complexity index is 615. The van der Waals surface area contributed by atoms with Crippen LogP contribution in [0.1, 0.15) is 11.1 Å². The van der Waals surface area contributed by atoms with Crippen molar-refractivity contribution >= 4 is 5.69 Å². The molecule has 0 aliphatic heterocycles. The summed E-state index contributed by atoms with van der Waals surface area (Å²) in [5.41, 5.74) is 7.89. The highest BCUT2D eigenvalue weighted by Gasteiger charge is 2.01. The first kappa shape index (κ1) is 13.8. The SMILES string of the molecule is Cc1ccc(C#N)cc1OCCOc1ccc(N)cc1. The fourth-order valence-corrected chi connectivity index (χ4v) is 1.70. The van der Waals surface area contributed by atoms with E-state index in [2.05, 4.69) is 6.07 Å². The van der Waals surface area contributed by atoms with E-state index < -0.39 is 0 Å². The molecule has 2 aromatic rings. The minimum atomic E-state index is 0.417. The third-order valence-electron chi connectivity index (χ3n) is 2.81. The Morgan fingerprint density at radius 3 is 2.45 bits per heavy atom. The van der Waals surface area contributed by atoms with Gasteiger partial charge in [0.25, 0.3) is 0 Å². The fraction of sp³-hybridized carbons (Fsp3) is 0.188. The molecule has 2 aromatic carbocycles. The number of nitriles is 1. The Kier molecular flexibility index (Phi) is 4.46. The molecule has 0 saturated carbocycles. The molecule has 0 saturated heterocycles. The summed E-state index contributed by atoms with van der Waals surface area (Å²) in [6, 6.07) is 14.7. The maximum atomic E-state index is 8.86. The zero-order chi connectivity index (χ0) is 14.4. The lowest BCUT2D eigenvalue weighted by molar-refractivity contribution is 0.216. The van der Waals surface area contributed by atoms with Crippen LogP contribution >= 0.6 is 0 Å². The summed E-state index contributed by atoms with van der Waals surface area (Å²) < 4.78 is 11.2. The fourth-order valence-electron chi connectivity index (χ4n) is 1.70. The van der Waals surface area contributed by atoms with Crippen molar-refractivity contribution in [2.24, 2.45) is 0 Å². The van der Waals surface area contributed by atoms with Crippen LogP contribution in [0.25, 0.3) is 0 Å². The molecule has 0 heterocycles. The molecule has 0 bridgehead atoms. The van der Waals surface area contributed by atoms with Gasteiger partial charge in [0.05, 0.1) is 11.6 Å². The molecule has 0 aromatic heterocycles. The van der Waals surface area contributed by atoms with Gasteiger partial charge in [0.2, 0.25) is 0 Å². The lowest BCUT2D eigenvalue weighted by atomic mass is 10.1. The molecule has 0 spiro atoms. The standard InChI is InChI=1S/C16H16N2O2/c1-12-2-3-13(11-17)10-16(12)20-9-8-19-15-6-4-14(18)5-7-15/h2-7,10H,8-9,18H2,1H3. The zero-order valence-electron chi connectivity index (χ0n) is 11.3. The number of ether oxygens (including phenoxy) is 2. The molecule has 0 atom stereocenters. The van der Waals surface area contributed by atoms with E-state index in [0.29, 0.717) is 30.2 Å². The number of anilines is 1. The summed E-state index contributed by atoms with van der Waals surface area (Å²) >= 11 is 0. The Morgan fingerprint density at radius 2 is 1.75 bits per heavy atom. The predicted octanol–water partition coefficient (Wildman–Crippen LogP) is 2.91. The summed E-state index contributed by atoms with van der Waals surface area (Å²) in [6.45, 7) is 2.79. The van der Waals surface area contributed by atoms with Crippen LogP contribution < -0.4 is 15.2 Å². The minimum Gasteiger partial charge on any atom is -0.490 e. The number of rotatable bonds is 5. The van der Waals surface area contributed by atoms with Crippen molar-refractivity contribution < 1.29 is 9.47 Å². The van der Waals surface area contributed by atoms with Crippen molar-refractivity contribution in [3.63, 3.8) is 0 Å². The van der Waals surface area contributed by atoms with Crippen LogP contribution in [-0.2, 0) is 0 Å². The van der Waals surface area contributed by atoms with Crippen LogP contribution in [0.4, 0.5) is 5.69 Å². The Morgan fingerprint density at radius 1 is 1.05 bits per heavy atom. The smallest absolute Gasteiger partial charge is 0.123 e. The van der Waals surface area contributed by atoms with Gasteiger partial charge in [0.15, 0.2) is 0 Å². The lowest BCUT2D eigenvalue weighted by Crippen LogP contribution is -2.09. The van der Waals surface area contributed by atoms with Crippen LogP contribution in [0.3, 0.4) is 0 Å². The number of nitrogens with two attached hydrogens (primary N) is 1. The zero-order valence-corrected chi connectivity index (χ0v) is 11.3. The van der Waals surface area contributed by atoms with E-state index in [9.17, 15) is 0 Å². The third-order valence-corrected chi connectivity index (χ3v) is 2.81. The van der Waals surface area contributed by atoms with E-state index in [4.69, 9.17) is 20.5 Å². The van der Waals surface area contributed by atoms with Crippen LogP contribution in [0.2, 0.25) is 0 Å². The second kappa shape index (κ2) is 6.48. The van der Waals surface area contributed by atoms with Gasteiger partial charge < -0.3 is 15.2 Å². The van der Waals surface area contributed by atoms with E-state index in [1.54, 1.807) is 24.3 Å². The van der Waals surface area contributed by atoms with Crippen LogP contribution in [-0.4, -0.2) is 13.2 Å². The average molecular weight is 268 g/mol. The summed E-state index contributed by atoms with van der Waals surface area (Å²) in [5.74, 6) is 1.47. The van der Waals surface area contributed by atoms with E-state index in [1.165, 1.54) is 0 Å². The van der Waals surface area contributed by atoms with Crippen molar-refractivity contribution in [2.45, 2.75) is 6.92 Å². The highest BCUT2D eigenvalue weighted by atomic mass is 16.5. The number of benzene rings is 2. The molecule has 0 amide bonds. The molecular formula is C16H16N2O2. The molecule has 0 fully saturated rings. The van der Waals surface area contributed by atoms with Gasteiger partial charge in [0.1, 0.15) is 24.7 Å². The van der Waals surface area contributed by atoms with E-state index in [1.807, 2.05) is 25.1 Å². The Balaban J connectivity index is 1.84. The largest absolute Gasteiger partial charge is 0.490 e. The third kappa shape index (κ3) is 3.66. The predicted molar refractivity (Wildman–Crippen MR) is 77.7 cm³/mol. The van der Waals surface area contributed by atoms with Crippen LogP contribution in [0, 0.1) is 18.3 Å². The number of nitrogens with zero attached hydrogens (tertiary/aromatic N) is 1. The highest BCUT2D eigenvalue weighted by Crippen LogP contribution is 2.19. The molecule has 102 valence electrons. The molecule has 0 aliphatic carbocycles. The monoisotopic (exact) mass is 268 g/mol. The van der Waals surface area contributed by atoms with Gasteiger partial charge in [-0.15, -0.1) is 0 Å². The van der Waals surface area contributed by atoms with E-state index in [-0.39, 0.29) is 0 Å². The van der Waals surface area contributed by atoms with Crippen molar-refractivity contribution in [1.82, 2.24) is 0 Å². The van der Waals surface area contributed by atoms with Gasteiger partial charge in [-0.05, 0) is 48.9 Å². The molecule has 2 rings (SSSR count). The lowest BCUT2D eigenvalue weighted by Gasteiger charge is -2.10. The first-order valence-corrected chi connectivity index (χ1v) is 6.31. The molecule has 20 heavy (non-hydrogen) atoms. The minimum absolute atomic E-state index is 0.417. The number of hydrogen-bond donors (Lipinski definition) is 1. The highest BCUT2D eigenvalue weighted by molar-refractivity contribution is 5.42. The Hall–Kier alpha value is -2.67. The normalized spacial score (nSPS) is 9.80. The van der Waals surface area contributed by atoms with Gasteiger partial charge in [-0.1, -0.05) is 6.07 Å². The maximum Gasteiger partial charge on any atom is 0.123 e. The second-order valence-electron chi connectivity index (χ2n) is 4.36. The van der Waals surface area contributed by atoms with E-state index in [0.717, 1.165) is 11.3 Å². The van der Waals surface area contributed by atoms with Gasteiger partial charge in [-0.25, -0.2) is 0 Å². The first-order chi connectivity index (χ1) is 9.69. The molecule has 4 nitrogen and oxygen atoms in total. The van der Waals surface area contributed by atoms with Crippen LogP contribution in [0.5, 0.6) is 11.5 Å². The summed E-state index contributed by atoms with van der Waals surface area (Å²) in [6.07, 6.45) is 0. The van der Waals surface area contributed by atoms with Gasteiger partial charge in [-0.2, -0.15) is 5.26 Å². The van der Waals surface area contributed by atoms with Gasteiger partial charge in [-0.3, -0.25) is 0 Å². The van der Waals surface area contributed by atoms with E-state index >= 15 is 0 Å². The number of nitrogen functional groups attached to an aromatic ring is 1. The average Bonchev–Trinajstić information content (AvgIpc) is 2.47. The molecule has 0 radical (unpaired) electrons. The topological polar surface area (TPSA) is 68.3 Å². The molecule has 4 heteroatoms. The summed E-state index contributed by atoms with van der Waals surface area (Å²) in [7, 11) is 0. The summed E-state index contributed by atoms with van der Waals surface area (Å²) in [5, 5.41) is 8.86. The molecular weight excluding hydrogens is 252 g/mol. The Labute approximate surface area is 118 Å². The summed E-state index contributed by atoms with van der Waals surface area (Å²) in [4.78, 5) is 0. The number of hydrogen-bond acceptors (Lipinski definition) is 4. The quantitative estimate of drug-likeness (QED) is 0.668. The first-order valence-electron chi connectivity index (χ1n) is 6.31. The van der Waals surface area contributed by atoms with Crippen molar-refractivity contribution in [3.8, 4) is 17.6 Å². The second-order valence-corrected chi connectivity index (χ2v) is 4.36. The van der Waals surface area contributed by atoms with Gasteiger partial charge >= 0.3 is 0 Å². The van der Waals surface area contributed by atoms with Crippen molar-refractivity contribution in [2.75, 3.05) is 18.9 Å². The molecule has 0 unspecified atom stereocenters. The number of aryl methyl sites for hydroxylation is 1.